The quantitative estimate of drug-likeness (QED) is 0.142. The Morgan fingerprint density at radius 2 is 1.25 bits per heavy atom. The number of carboxylic acid groups (broad SMARTS) is 2. The van der Waals surface area contributed by atoms with E-state index in [4.69, 9.17) is 4.74 Å². The summed E-state index contributed by atoms with van der Waals surface area (Å²) in [5.74, 6) is -9.43. The fourth-order valence-electron chi connectivity index (χ4n) is 3.59. The summed E-state index contributed by atoms with van der Waals surface area (Å²) in [6, 6.07) is 12.7. The van der Waals surface area contributed by atoms with Crippen LogP contribution in [0.4, 0.5) is 0 Å². The number of carboxylic acids is 2. The zero-order valence-corrected chi connectivity index (χ0v) is 19.9. The highest BCUT2D eigenvalue weighted by Gasteiger charge is 2.67. The molecule has 0 saturated carbocycles. The predicted molar refractivity (Wildman–Crippen MR) is 121 cm³/mol. The van der Waals surface area contributed by atoms with Crippen molar-refractivity contribution in [2.75, 3.05) is 27.7 Å². The Kier molecular flexibility index (Phi) is 8.47. The molecule has 0 amide bonds. The largest absolute Gasteiger partial charge is 0.546 e. The molecule has 2 aromatic rings. The highest BCUT2D eigenvalue weighted by molar-refractivity contribution is 6.28. The molecule has 0 radical (unpaired) electrons. The second-order valence-corrected chi connectivity index (χ2v) is 9.20. The summed E-state index contributed by atoms with van der Waals surface area (Å²) in [5, 5.41) is 44.0. The summed E-state index contributed by atoms with van der Waals surface area (Å²) in [5.41, 5.74) is -9.06. The number of quaternary nitrogens is 1. The number of aliphatic hydroxyl groups is 2. The van der Waals surface area contributed by atoms with Crippen molar-refractivity contribution in [1.29, 1.82) is 0 Å². The van der Waals surface area contributed by atoms with Crippen molar-refractivity contribution < 1.29 is 53.6 Å². The van der Waals surface area contributed by atoms with Gasteiger partial charge in [0.15, 0.2) is 6.10 Å². The van der Waals surface area contributed by atoms with E-state index in [1.54, 1.807) is 21.1 Å². The van der Waals surface area contributed by atoms with Crippen molar-refractivity contribution in [3.05, 3.63) is 71.8 Å². The molecule has 0 saturated heterocycles. The molecule has 0 aliphatic rings. The summed E-state index contributed by atoms with van der Waals surface area (Å²) >= 11 is 0. The third-order valence-electron chi connectivity index (χ3n) is 5.27. The van der Waals surface area contributed by atoms with Gasteiger partial charge in [0.05, 0.1) is 33.5 Å². The van der Waals surface area contributed by atoms with E-state index in [2.05, 4.69) is 0 Å². The first kappa shape index (κ1) is 28.3. The maximum Gasteiger partial charge on any atom is 0.351 e. The Balaban J connectivity index is 2.72. The normalized spacial score (nSPS) is 15.6. The molecule has 192 valence electrons. The maximum atomic E-state index is 13.4. The number of likely N-dealkylation sites (N-methyl/N-ethyl adjacent to an activating group) is 1. The van der Waals surface area contributed by atoms with Gasteiger partial charge in [-0.05, 0) is 0 Å². The first-order valence-electron chi connectivity index (χ1n) is 10.7. The summed E-state index contributed by atoms with van der Waals surface area (Å²) < 4.78 is 5.19. The van der Waals surface area contributed by atoms with E-state index in [0.717, 1.165) is 24.3 Å². The minimum absolute atomic E-state index is 0.0734. The number of esters is 1. The molecule has 0 fully saturated rings. The molecule has 11 nitrogen and oxygen atoms in total. The van der Waals surface area contributed by atoms with Gasteiger partial charge in [-0.3, -0.25) is 14.4 Å². The second-order valence-electron chi connectivity index (χ2n) is 9.20. The second kappa shape index (κ2) is 10.8. The van der Waals surface area contributed by atoms with Crippen LogP contribution < -0.4 is 5.11 Å². The van der Waals surface area contributed by atoms with E-state index in [9.17, 15) is 44.4 Å². The minimum Gasteiger partial charge on any atom is -0.546 e. The number of Topliss-reactive ketones (excluding diaryl/α,β-unsaturated/α-hetero) is 2. The molecule has 36 heavy (non-hydrogen) atoms. The molecule has 3 atom stereocenters. The zero-order chi connectivity index (χ0) is 27.3. The van der Waals surface area contributed by atoms with Crippen molar-refractivity contribution in [3.63, 3.8) is 0 Å². The molecule has 0 aromatic heterocycles. The zero-order valence-electron chi connectivity index (χ0n) is 19.9. The van der Waals surface area contributed by atoms with Crippen molar-refractivity contribution in [2.45, 2.75) is 23.7 Å². The van der Waals surface area contributed by atoms with Crippen LogP contribution in [-0.4, -0.2) is 94.3 Å². The van der Waals surface area contributed by atoms with Crippen LogP contribution in [0.15, 0.2) is 60.7 Å². The van der Waals surface area contributed by atoms with Gasteiger partial charge in [-0.25, -0.2) is 4.79 Å². The fraction of sp³-hybridized carbons (Fsp3) is 0.320. The van der Waals surface area contributed by atoms with Crippen molar-refractivity contribution in [3.8, 4) is 0 Å². The maximum absolute atomic E-state index is 13.4. The van der Waals surface area contributed by atoms with E-state index in [-0.39, 0.29) is 11.0 Å². The Morgan fingerprint density at radius 1 is 0.833 bits per heavy atom. The summed E-state index contributed by atoms with van der Waals surface area (Å²) in [7, 11) is 4.92. The predicted octanol–water partition coefficient (Wildman–Crippen LogP) is -0.943. The molecule has 2 aromatic carbocycles. The molecule has 3 unspecified atom stereocenters. The number of ketones is 2. The van der Waals surface area contributed by atoms with Gasteiger partial charge in [-0.1, -0.05) is 60.7 Å². The van der Waals surface area contributed by atoms with Gasteiger partial charge in [0.1, 0.15) is 6.54 Å². The number of rotatable bonds is 12. The number of ether oxygens (including phenoxy) is 1. The van der Waals surface area contributed by atoms with Gasteiger partial charge < -0.3 is 34.4 Å². The van der Waals surface area contributed by atoms with Crippen LogP contribution >= 0.6 is 0 Å². The third kappa shape index (κ3) is 5.82. The van der Waals surface area contributed by atoms with Gasteiger partial charge in [0.2, 0.25) is 17.2 Å². The number of nitrogens with zero attached hydrogens (tertiary/aromatic N) is 1. The average molecular weight is 501 g/mol. The van der Waals surface area contributed by atoms with E-state index >= 15 is 0 Å². The van der Waals surface area contributed by atoms with E-state index < -0.39 is 64.3 Å². The monoisotopic (exact) mass is 501 g/mol. The molecule has 0 aliphatic heterocycles. The molecular formula is C25H27NO10. The van der Waals surface area contributed by atoms with Crippen LogP contribution in [0.2, 0.25) is 0 Å². The fourth-order valence-corrected chi connectivity index (χ4v) is 3.59. The van der Waals surface area contributed by atoms with Crippen LogP contribution in [0, 0.1) is 0 Å². The number of hydrogen-bond donors (Lipinski definition) is 3. The Bertz CT molecular complexity index is 1140. The lowest BCUT2D eigenvalue weighted by atomic mass is 9.73. The van der Waals surface area contributed by atoms with Gasteiger partial charge in [-0.2, -0.15) is 0 Å². The van der Waals surface area contributed by atoms with Crippen molar-refractivity contribution in [1.82, 2.24) is 0 Å². The molecule has 0 aliphatic carbocycles. The summed E-state index contributed by atoms with van der Waals surface area (Å²) in [4.78, 5) is 63.5. The topological polar surface area (TPSA) is 178 Å². The lowest BCUT2D eigenvalue weighted by molar-refractivity contribution is -0.873. The Morgan fingerprint density at radius 3 is 1.61 bits per heavy atom. The molecule has 11 heteroatoms. The van der Waals surface area contributed by atoms with Crippen LogP contribution in [0.5, 0.6) is 0 Å². The minimum atomic E-state index is -4.14. The van der Waals surface area contributed by atoms with E-state index in [0.29, 0.717) is 0 Å². The average Bonchev–Trinajstić information content (AvgIpc) is 2.81. The Hall–Kier alpha value is -3.93. The van der Waals surface area contributed by atoms with Crippen LogP contribution in [0.3, 0.4) is 0 Å². The SMILES string of the molecule is C[N+](C)(C)CC(CC(=O)O)OC(=O)C(O)(C(=O)c1ccccc1)C(O)(C(=O)[O-])C(=O)c1ccccc1. The molecule has 3 N–H and O–H groups in total. The van der Waals surface area contributed by atoms with Crippen LogP contribution in [0.1, 0.15) is 27.1 Å². The standard InChI is InChI=1S/C25H27NO10/c1-26(2,3)15-18(14-19(27)28)36-23(33)25(35,21(30)17-12-8-5-9-13-17)24(34,22(31)32)20(29)16-10-6-4-7-11-16/h4-13,18,34-35H,14-15H2,1-3H3,(H-,27,28,31,32). The molecule has 0 bridgehead atoms. The molecule has 2 rings (SSSR count). The van der Waals surface area contributed by atoms with Gasteiger partial charge >= 0.3 is 11.9 Å². The summed E-state index contributed by atoms with van der Waals surface area (Å²) in [6.45, 7) is -0.135. The highest BCUT2D eigenvalue weighted by Crippen LogP contribution is 2.32. The van der Waals surface area contributed by atoms with E-state index in [1.807, 2.05) is 0 Å². The lowest BCUT2D eigenvalue weighted by Gasteiger charge is -2.40. The smallest absolute Gasteiger partial charge is 0.351 e. The van der Waals surface area contributed by atoms with Crippen molar-refractivity contribution >= 4 is 29.5 Å². The van der Waals surface area contributed by atoms with Crippen molar-refractivity contribution in [2.24, 2.45) is 0 Å². The van der Waals surface area contributed by atoms with Gasteiger partial charge in [0.25, 0.3) is 5.60 Å². The number of benzene rings is 2. The lowest BCUT2D eigenvalue weighted by Crippen LogP contribution is -2.74. The number of hydrogen-bond acceptors (Lipinski definition) is 9. The third-order valence-corrected chi connectivity index (χ3v) is 5.27. The first-order chi connectivity index (χ1) is 16.6. The molecule has 0 heterocycles. The van der Waals surface area contributed by atoms with Crippen LogP contribution in [0.25, 0.3) is 0 Å². The van der Waals surface area contributed by atoms with Gasteiger partial charge in [0, 0.05) is 11.1 Å². The summed E-state index contributed by atoms with van der Waals surface area (Å²) in [6.07, 6.45) is -2.24. The van der Waals surface area contributed by atoms with Gasteiger partial charge in [-0.15, -0.1) is 0 Å². The highest BCUT2D eigenvalue weighted by atomic mass is 16.6. The Labute approximate surface area is 206 Å². The first-order valence-corrected chi connectivity index (χ1v) is 10.7. The van der Waals surface area contributed by atoms with Crippen LogP contribution in [-0.2, 0) is 19.1 Å². The molecular weight excluding hydrogens is 474 g/mol. The molecule has 0 spiro atoms. The number of carbonyl (C=O) groups is 5. The van der Waals surface area contributed by atoms with E-state index in [1.165, 1.54) is 36.4 Å². The number of carbonyl (C=O) groups excluding carboxylic acids is 4. The number of aliphatic carboxylic acids is 2.